The first-order valence-corrected chi connectivity index (χ1v) is 13.0. The van der Waals surface area contributed by atoms with Crippen molar-refractivity contribution in [3.63, 3.8) is 0 Å². The van der Waals surface area contributed by atoms with E-state index < -0.39 is 12.0 Å². The van der Waals surface area contributed by atoms with Gasteiger partial charge < -0.3 is 14.2 Å². The van der Waals surface area contributed by atoms with Crippen LogP contribution in [0.5, 0.6) is 11.5 Å². The molecule has 194 valence electrons. The van der Waals surface area contributed by atoms with Gasteiger partial charge in [-0.1, -0.05) is 37.3 Å². The van der Waals surface area contributed by atoms with Crippen LogP contribution in [0.25, 0.3) is 6.08 Å². The Kier molecular flexibility index (Phi) is 7.68. The van der Waals surface area contributed by atoms with E-state index in [0.29, 0.717) is 26.4 Å². The molecule has 0 spiro atoms. The average Bonchev–Trinajstić information content (AvgIpc) is 3.18. The number of carbonyl (C=O) groups is 1. The molecule has 37 heavy (non-hydrogen) atoms. The van der Waals surface area contributed by atoms with E-state index in [1.54, 1.807) is 32.6 Å². The van der Waals surface area contributed by atoms with Gasteiger partial charge in [0.2, 0.25) is 0 Å². The van der Waals surface area contributed by atoms with Gasteiger partial charge in [-0.15, -0.1) is 0 Å². The summed E-state index contributed by atoms with van der Waals surface area (Å²) in [5.74, 6) is 1.23. The summed E-state index contributed by atoms with van der Waals surface area (Å²) >= 11 is 1.31. The number of methoxy groups -OCH3 is 2. The Balaban J connectivity index is 1.97. The molecular formula is C29H32N2O5S. The lowest BCUT2D eigenvalue weighted by Gasteiger charge is -2.25. The molecule has 0 saturated carbocycles. The molecule has 2 heterocycles. The van der Waals surface area contributed by atoms with E-state index in [1.807, 2.05) is 43.3 Å². The second kappa shape index (κ2) is 10.8. The Hall–Kier alpha value is -3.65. The number of rotatable bonds is 7. The van der Waals surface area contributed by atoms with Gasteiger partial charge in [-0.2, -0.15) is 0 Å². The summed E-state index contributed by atoms with van der Waals surface area (Å²) < 4.78 is 18.5. The van der Waals surface area contributed by atoms with E-state index in [0.717, 1.165) is 28.0 Å². The number of allylic oxidation sites excluding steroid dienone is 1. The molecular weight excluding hydrogens is 488 g/mol. The van der Waals surface area contributed by atoms with Crippen molar-refractivity contribution in [2.24, 2.45) is 4.99 Å². The van der Waals surface area contributed by atoms with Gasteiger partial charge in [0.25, 0.3) is 5.56 Å². The molecule has 2 aromatic carbocycles. The largest absolute Gasteiger partial charge is 0.497 e. The van der Waals surface area contributed by atoms with Crippen LogP contribution in [0.1, 0.15) is 61.9 Å². The predicted octanol–water partition coefficient (Wildman–Crippen LogP) is 4.25. The molecule has 8 heteroatoms. The fourth-order valence-electron chi connectivity index (χ4n) is 4.56. The van der Waals surface area contributed by atoms with Gasteiger partial charge in [-0.25, -0.2) is 9.79 Å². The molecule has 1 aliphatic rings. The molecule has 0 bridgehead atoms. The first-order valence-electron chi connectivity index (χ1n) is 12.2. The van der Waals surface area contributed by atoms with E-state index in [4.69, 9.17) is 14.2 Å². The van der Waals surface area contributed by atoms with Gasteiger partial charge >= 0.3 is 5.97 Å². The van der Waals surface area contributed by atoms with E-state index >= 15 is 0 Å². The zero-order valence-electron chi connectivity index (χ0n) is 22.2. The number of aryl methyl sites for hydroxylation is 1. The number of thiazole rings is 1. The first-order chi connectivity index (χ1) is 17.7. The van der Waals surface area contributed by atoms with Crippen LogP contribution >= 0.6 is 11.3 Å². The quantitative estimate of drug-likeness (QED) is 0.435. The number of benzene rings is 2. The highest BCUT2D eigenvalue weighted by Gasteiger charge is 2.33. The second-order valence-corrected chi connectivity index (χ2v) is 10.2. The Morgan fingerprint density at radius 3 is 2.57 bits per heavy atom. The summed E-state index contributed by atoms with van der Waals surface area (Å²) in [5.41, 5.74) is 4.41. The van der Waals surface area contributed by atoms with Gasteiger partial charge in [0.1, 0.15) is 11.5 Å². The smallest absolute Gasteiger partial charge is 0.338 e. The standard InChI is InChI=1S/C29H32N2O5S/c1-8-36-28(33)25-18(5)30-29-31(26(25)19-10-9-11-21(13-19)34-6)27(32)24(37-29)15-20-14-22(16(2)3)23(35-7)12-17(20)4/h9-16,26H,8H2,1-7H3/b24-15+/t26-/m1/s1. The molecule has 3 aromatic rings. The van der Waals surface area contributed by atoms with Crippen LogP contribution in [0.3, 0.4) is 0 Å². The van der Waals surface area contributed by atoms with Crippen molar-refractivity contribution < 1.29 is 19.0 Å². The molecule has 0 radical (unpaired) electrons. The van der Waals surface area contributed by atoms with Crippen molar-refractivity contribution in [1.29, 1.82) is 0 Å². The predicted molar refractivity (Wildman–Crippen MR) is 145 cm³/mol. The third kappa shape index (κ3) is 4.98. The number of aromatic nitrogens is 1. The van der Waals surface area contributed by atoms with Crippen molar-refractivity contribution in [3.05, 3.63) is 89.6 Å². The molecule has 0 N–H and O–H groups in total. The fraction of sp³-hybridized carbons (Fsp3) is 0.345. The van der Waals surface area contributed by atoms with Gasteiger partial charge in [-0.3, -0.25) is 9.36 Å². The Morgan fingerprint density at radius 2 is 1.92 bits per heavy atom. The minimum Gasteiger partial charge on any atom is -0.497 e. The van der Waals surface area contributed by atoms with Crippen molar-refractivity contribution in [1.82, 2.24) is 4.57 Å². The number of hydrogen-bond donors (Lipinski definition) is 0. The second-order valence-electron chi connectivity index (χ2n) is 9.18. The number of esters is 1. The maximum absolute atomic E-state index is 13.9. The lowest BCUT2D eigenvalue weighted by Crippen LogP contribution is -2.40. The van der Waals surface area contributed by atoms with E-state index in [9.17, 15) is 9.59 Å². The zero-order chi connectivity index (χ0) is 26.9. The lowest BCUT2D eigenvalue weighted by atomic mass is 9.95. The van der Waals surface area contributed by atoms with Crippen LogP contribution in [0, 0.1) is 6.92 Å². The highest BCUT2D eigenvalue weighted by Crippen LogP contribution is 2.33. The number of nitrogens with zero attached hydrogens (tertiary/aromatic N) is 2. The van der Waals surface area contributed by atoms with E-state index in [2.05, 4.69) is 24.9 Å². The SMILES string of the molecule is CCOC(=O)C1=C(C)N=c2s/c(=C/c3cc(C(C)C)c(OC)cc3C)c(=O)n2[C@@H]1c1cccc(OC)c1. The summed E-state index contributed by atoms with van der Waals surface area (Å²) in [6.07, 6.45) is 1.90. The molecule has 1 atom stereocenters. The molecule has 0 amide bonds. The highest BCUT2D eigenvalue weighted by molar-refractivity contribution is 7.07. The van der Waals surface area contributed by atoms with Crippen molar-refractivity contribution >= 4 is 23.4 Å². The normalized spacial score (nSPS) is 15.5. The van der Waals surface area contributed by atoms with Gasteiger partial charge in [0.05, 0.1) is 42.7 Å². The molecule has 1 aliphatic heterocycles. The third-order valence-corrected chi connectivity index (χ3v) is 7.44. The Bertz CT molecular complexity index is 1560. The monoisotopic (exact) mass is 520 g/mol. The maximum Gasteiger partial charge on any atom is 0.338 e. The topological polar surface area (TPSA) is 79.1 Å². The van der Waals surface area contributed by atoms with Crippen molar-refractivity contribution in [3.8, 4) is 11.5 Å². The van der Waals surface area contributed by atoms with Gasteiger partial charge in [0.15, 0.2) is 4.80 Å². The van der Waals surface area contributed by atoms with Crippen LogP contribution in [-0.4, -0.2) is 31.4 Å². The van der Waals surface area contributed by atoms with Crippen LogP contribution in [0.2, 0.25) is 0 Å². The van der Waals surface area contributed by atoms with E-state index in [1.165, 1.54) is 11.3 Å². The van der Waals surface area contributed by atoms with Crippen molar-refractivity contribution in [2.75, 3.05) is 20.8 Å². The van der Waals surface area contributed by atoms with Crippen LogP contribution < -0.4 is 24.4 Å². The molecule has 0 unspecified atom stereocenters. The van der Waals surface area contributed by atoms with Crippen molar-refractivity contribution in [2.45, 2.75) is 46.6 Å². The van der Waals surface area contributed by atoms with Crippen LogP contribution in [0.4, 0.5) is 0 Å². The zero-order valence-corrected chi connectivity index (χ0v) is 23.1. The first kappa shape index (κ1) is 26.4. The van der Waals surface area contributed by atoms with E-state index in [-0.39, 0.29) is 18.1 Å². The number of hydrogen-bond acceptors (Lipinski definition) is 7. The summed E-state index contributed by atoms with van der Waals surface area (Å²) in [7, 11) is 3.25. The molecule has 0 fully saturated rings. The number of carbonyl (C=O) groups excluding carboxylic acids is 1. The summed E-state index contributed by atoms with van der Waals surface area (Å²) in [6.45, 7) is 9.97. The molecule has 0 aliphatic carbocycles. The lowest BCUT2D eigenvalue weighted by molar-refractivity contribution is -0.139. The minimum absolute atomic E-state index is 0.216. The summed E-state index contributed by atoms with van der Waals surface area (Å²) in [4.78, 5) is 32.2. The molecule has 0 saturated heterocycles. The van der Waals surface area contributed by atoms with Gasteiger partial charge in [-0.05, 0) is 79.3 Å². The minimum atomic E-state index is -0.685. The number of fused-ring (bicyclic) bond motifs is 1. The molecule has 1 aromatic heterocycles. The summed E-state index contributed by atoms with van der Waals surface area (Å²) in [5, 5.41) is 0. The number of ether oxygens (including phenoxy) is 3. The fourth-order valence-corrected chi connectivity index (χ4v) is 5.60. The van der Waals surface area contributed by atoms with Crippen LogP contribution in [0.15, 0.2) is 57.5 Å². The Labute approximate surface area is 220 Å². The van der Waals surface area contributed by atoms with Crippen LogP contribution in [-0.2, 0) is 9.53 Å². The molecule has 7 nitrogen and oxygen atoms in total. The molecule has 4 rings (SSSR count). The Morgan fingerprint density at radius 1 is 1.16 bits per heavy atom. The summed E-state index contributed by atoms with van der Waals surface area (Å²) in [6, 6.07) is 10.8. The van der Waals surface area contributed by atoms with Gasteiger partial charge in [0, 0.05) is 0 Å². The highest BCUT2D eigenvalue weighted by atomic mass is 32.1. The average molecular weight is 521 g/mol. The maximum atomic E-state index is 13.9. The third-order valence-electron chi connectivity index (χ3n) is 6.45.